The lowest BCUT2D eigenvalue weighted by molar-refractivity contribution is 0.210. The number of hydrogen-bond acceptors (Lipinski definition) is 10. The largest absolute Gasteiger partial charge is 0.497 e. The zero-order valence-electron chi connectivity index (χ0n) is 26.4. The van der Waals surface area contributed by atoms with Crippen molar-refractivity contribution in [1.82, 2.24) is 0 Å². The topological polar surface area (TPSA) is 131 Å². The molecule has 4 rings (SSSR count). The Bertz CT molecular complexity index is 1460. The SMILES string of the molecule is COCCNc1ccc(N)c(-c2c(OC)cccc2OC)c1.COCCNc1ccc(N)c(-c2cc(OC)ccc2OC)c1. The van der Waals surface area contributed by atoms with Crippen LogP contribution in [0.2, 0.25) is 0 Å². The lowest BCUT2D eigenvalue weighted by atomic mass is 10.0. The van der Waals surface area contributed by atoms with E-state index in [9.17, 15) is 0 Å². The van der Waals surface area contributed by atoms with Gasteiger partial charge in [-0.2, -0.15) is 0 Å². The van der Waals surface area contributed by atoms with Gasteiger partial charge in [0.2, 0.25) is 0 Å². The van der Waals surface area contributed by atoms with Crippen molar-refractivity contribution in [3.05, 3.63) is 72.8 Å². The van der Waals surface area contributed by atoms with Crippen LogP contribution in [0.4, 0.5) is 22.7 Å². The van der Waals surface area contributed by atoms with Crippen molar-refractivity contribution < 1.29 is 28.4 Å². The third kappa shape index (κ3) is 8.85. The van der Waals surface area contributed by atoms with E-state index >= 15 is 0 Å². The molecule has 10 nitrogen and oxygen atoms in total. The number of ether oxygens (including phenoxy) is 6. The minimum Gasteiger partial charge on any atom is -0.497 e. The van der Waals surface area contributed by atoms with Gasteiger partial charge in [-0.15, -0.1) is 0 Å². The Balaban J connectivity index is 0.000000240. The van der Waals surface area contributed by atoms with Crippen LogP contribution in [0.5, 0.6) is 23.0 Å². The fourth-order valence-corrected chi connectivity index (χ4v) is 4.52. The van der Waals surface area contributed by atoms with Crippen molar-refractivity contribution in [3.63, 3.8) is 0 Å². The van der Waals surface area contributed by atoms with Crippen molar-refractivity contribution >= 4 is 22.7 Å². The Morgan fingerprint density at radius 3 is 1.55 bits per heavy atom. The van der Waals surface area contributed by atoms with Crippen molar-refractivity contribution in [2.75, 3.05) is 91.1 Å². The van der Waals surface area contributed by atoms with Gasteiger partial charge in [0.15, 0.2) is 0 Å². The highest BCUT2D eigenvalue weighted by Gasteiger charge is 2.15. The quantitative estimate of drug-likeness (QED) is 0.100. The van der Waals surface area contributed by atoms with Crippen molar-refractivity contribution in [3.8, 4) is 45.3 Å². The molecule has 236 valence electrons. The van der Waals surface area contributed by atoms with Crippen LogP contribution in [-0.2, 0) is 9.47 Å². The van der Waals surface area contributed by atoms with E-state index in [1.807, 2.05) is 72.8 Å². The van der Waals surface area contributed by atoms with Gasteiger partial charge in [-0.3, -0.25) is 0 Å². The number of rotatable bonds is 14. The molecule has 0 saturated heterocycles. The van der Waals surface area contributed by atoms with E-state index in [1.165, 1.54) is 0 Å². The first-order valence-electron chi connectivity index (χ1n) is 14.1. The zero-order valence-corrected chi connectivity index (χ0v) is 26.4. The van der Waals surface area contributed by atoms with Gasteiger partial charge in [-0.25, -0.2) is 0 Å². The first-order valence-corrected chi connectivity index (χ1v) is 14.1. The first kappa shape index (κ1) is 33.7. The van der Waals surface area contributed by atoms with Gasteiger partial charge in [0, 0.05) is 66.7 Å². The Labute approximate surface area is 260 Å². The molecule has 0 atom stereocenters. The summed E-state index contributed by atoms with van der Waals surface area (Å²) >= 11 is 0. The molecular formula is C34H44N4O6. The monoisotopic (exact) mass is 604 g/mol. The summed E-state index contributed by atoms with van der Waals surface area (Å²) in [6.07, 6.45) is 0. The molecule has 4 aromatic carbocycles. The van der Waals surface area contributed by atoms with Crippen molar-refractivity contribution in [2.45, 2.75) is 0 Å². The molecule has 4 aromatic rings. The van der Waals surface area contributed by atoms with Crippen LogP contribution in [0.3, 0.4) is 0 Å². The number of nitrogens with one attached hydrogen (secondary N) is 2. The number of nitrogens with two attached hydrogens (primary N) is 2. The smallest absolute Gasteiger partial charge is 0.130 e. The van der Waals surface area contributed by atoms with Crippen LogP contribution in [0, 0.1) is 0 Å². The van der Waals surface area contributed by atoms with E-state index in [0.717, 1.165) is 69.7 Å². The summed E-state index contributed by atoms with van der Waals surface area (Å²) < 4.78 is 31.8. The zero-order chi connectivity index (χ0) is 31.9. The maximum absolute atomic E-state index is 6.16. The van der Waals surface area contributed by atoms with E-state index in [2.05, 4.69) is 10.6 Å². The fourth-order valence-electron chi connectivity index (χ4n) is 4.52. The molecule has 0 amide bonds. The summed E-state index contributed by atoms with van der Waals surface area (Å²) in [5, 5.41) is 6.59. The van der Waals surface area contributed by atoms with E-state index < -0.39 is 0 Å². The molecule has 0 saturated carbocycles. The van der Waals surface area contributed by atoms with Crippen molar-refractivity contribution in [1.29, 1.82) is 0 Å². The van der Waals surface area contributed by atoms with Gasteiger partial charge in [0.25, 0.3) is 0 Å². The predicted molar refractivity (Wildman–Crippen MR) is 180 cm³/mol. The summed E-state index contributed by atoms with van der Waals surface area (Å²) in [4.78, 5) is 0. The van der Waals surface area contributed by atoms with Crippen molar-refractivity contribution in [2.24, 2.45) is 0 Å². The highest BCUT2D eigenvalue weighted by Crippen LogP contribution is 2.42. The van der Waals surface area contributed by atoms with Gasteiger partial charge in [0.05, 0.1) is 47.2 Å². The molecule has 0 unspecified atom stereocenters. The van der Waals surface area contributed by atoms with E-state index in [1.54, 1.807) is 42.7 Å². The van der Waals surface area contributed by atoms with Crippen LogP contribution in [0.1, 0.15) is 0 Å². The summed E-state index contributed by atoms with van der Waals surface area (Å²) in [6.45, 7) is 2.73. The molecule has 0 aromatic heterocycles. The van der Waals surface area contributed by atoms with Gasteiger partial charge in [0.1, 0.15) is 23.0 Å². The molecule has 44 heavy (non-hydrogen) atoms. The maximum atomic E-state index is 6.16. The standard InChI is InChI=1S/2C17H22N2O3/c1-20-9-8-19-12-4-6-16(18)14(10-12)15-11-13(21-2)5-7-17(15)22-3;1-20-10-9-19-12-7-8-14(18)13(11-12)17-15(21-2)5-4-6-16(17)22-3/h4-7,10-11,19H,8-9,18H2,1-3H3;4-8,11,19H,9-10,18H2,1-3H3. The Kier molecular flexibility index (Phi) is 13.3. The highest BCUT2D eigenvalue weighted by atomic mass is 16.5. The molecule has 0 bridgehead atoms. The Hall–Kier alpha value is -4.80. The highest BCUT2D eigenvalue weighted by molar-refractivity contribution is 5.87. The minimum absolute atomic E-state index is 0.637. The van der Waals surface area contributed by atoms with Gasteiger partial charge >= 0.3 is 0 Å². The average Bonchev–Trinajstić information content (AvgIpc) is 3.06. The van der Waals surface area contributed by atoms with E-state index in [0.29, 0.717) is 24.6 Å². The number of nitrogen functional groups attached to an aromatic ring is 2. The molecule has 0 aliphatic heterocycles. The molecule has 6 N–H and O–H groups in total. The average molecular weight is 605 g/mol. The number of hydrogen-bond donors (Lipinski definition) is 4. The predicted octanol–water partition coefficient (Wildman–Crippen LogP) is 6.02. The minimum atomic E-state index is 0.637. The second kappa shape index (κ2) is 17.3. The summed E-state index contributed by atoms with van der Waals surface area (Å²) in [7, 11) is 9.90. The molecule has 0 radical (unpaired) electrons. The molecule has 0 fully saturated rings. The van der Waals surface area contributed by atoms with Gasteiger partial charge < -0.3 is 50.5 Å². The summed E-state index contributed by atoms with van der Waals surface area (Å²) in [5.41, 5.74) is 19.1. The normalized spacial score (nSPS) is 10.3. The van der Waals surface area contributed by atoms with Crippen LogP contribution in [0.15, 0.2) is 72.8 Å². The lowest BCUT2D eigenvalue weighted by Crippen LogP contribution is -2.08. The molecule has 10 heteroatoms. The molecule has 0 heterocycles. The number of benzene rings is 4. The molecular weight excluding hydrogens is 560 g/mol. The molecule has 0 spiro atoms. The van der Waals surface area contributed by atoms with Crippen LogP contribution in [-0.4, -0.2) is 69.0 Å². The third-order valence-electron chi connectivity index (χ3n) is 6.77. The molecule has 0 aliphatic carbocycles. The van der Waals surface area contributed by atoms with Gasteiger partial charge in [-0.1, -0.05) is 6.07 Å². The van der Waals surface area contributed by atoms with Gasteiger partial charge in [-0.05, 0) is 66.7 Å². The summed E-state index contributed by atoms with van der Waals surface area (Å²) in [5.74, 6) is 2.95. The Morgan fingerprint density at radius 2 is 1.05 bits per heavy atom. The lowest BCUT2D eigenvalue weighted by Gasteiger charge is -2.16. The number of anilines is 4. The van der Waals surface area contributed by atoms with Crippen LogP contribution in [0.25, 0.3) is 22.3 Å². The Morgan fingerprint density at radius 1 is 0.523 bits per heavy atom. The molecule has 0 aliphatic rings. The number of methoxy groups -OCH3 is 6. The third-order valence-corrected chi connectivity index (χ3v) is 6.77. The fraction of sp³-hybridized carbons (Fsp3) is 0.294. The second-order valence-electron chi connectivity index (χ2n) is 9.55. The van der Waals surface area contributed by atoms with Crippen LogP contribution < -0.4 is 41.0 Å². The first-order chi connectivity index (χ1) is 21.4. The summed E-state index contributed by atoms with van der Waals surface area (Å²) in [6, 6.07) is 23.0. The van der Waals surface area contributed by atoms with E-state index in [-0.39, 0.29) is 0 Å². The van der Waals surface area contributed by atoms with E-state index in [4.69, 9.17) is 39.9 Å². The second-order valence-corrected chi connectivity index (χ2v) is 9.55. The maximum Gasteiger partial charge on any atom is 0.130 e. The van der Waals surface area contributed by atoms with Crippen LogP contribution >= 0.6 is 0 Å².